The summed E-state index contributed by atoms with van der Waals surface area (Å²) in [4.78, 5) is 20.4. The number of carbonyl (C=O) groups excluding carboxylic acids is 1. The van der Waals surface area contributed by atoms with Gasteiger partial charge in [0.25, 0.3) is 11.5 Å². The van der Waals surface area contributed by atoms with Crippen molar-refractivity contribution in [2.45, 2.75) is 38.2 Å². The van der Waals surface area contributed by atoms with Gasteiger partial charge in [0, 0.05) is 35.7 Å². The van der Waals surface area contributed by atoms with Crippen molar-refractivity contribution in [2.24, 2.45) is 5.16 Å². The van der Waals surface area contributed by atoms with Crippen molar-refractivity contribution >= 4 is 23.2 Å². The summed E-state index contributed by atoms with van der Waals surface area (Å²) >= 11 is 6.00. The van der Waals surface area contributed by atoms with Crippen molar-refractivity contribution in [3.8, 4) is 0 Å². The summed E-state index contributed by atoms with van der Waals surface area (Å²) in [6, 6.07) is 8.51. The zero-order valence-electron chi connectivity index (χ0n) is 19.3. The molecule has 0 aromatic heterocycles. The zero-order valence-corrected chi connectivity index (χ0v) is 20.1. The van der Waals surface area contributed by atoms with E-state index in [1.807, 2.05) is 0 Å². The van der Waals surface area contributed by atoms with Gasteiger partial charge in [0.05, 0.1) is 18.9 Å². The highest BCUT2D eigenvalue weighted by Gasteiger charge is 2.62. The van der Waals surface area contributed by atoms with E-state index in [1.165, 1.54) is 41.3 Å². The molecule has 0 radical (unpaired) electrons. The molecule has 1 fully saturated rings. The van der Waals surface area contributed by atoms with Gasteiger partial charge in [-0.05, 0) is 54.8 Å². The smallest absolute Gasteiger partial charge is 0.374 e. The molecule has 12 heteroatoms. The molecule has 1 unspecified atom stereocenters. The molecule has 36 heavy (non-hydrogen) atoms. The van der Waals surface area contributed by atoms with Gasteiger partial charge in [0.2, 0.25) is 0 Å². The van der Waals surface area contributed by atoms with Gasteiger partial charge in [-0.1, -0.05) is 28.9 Å². The number of aryl methyl sites for hydroxylation is 2. The minimum absolute atomic E-state index is 0.0459. The van der Waals surface area contributed by atoms with Crippen LogP contribution in [-0.4, -0.2) is 60.1 Å². The van der Waals surface area contributed by atoms with Gasteiger partial charge in [-0.25, -0.2) is 0 Å². The Morgan fingerprint density at radius 1 is 1.08 bits per heavy atom. The van der Waals surface area contributed by atoms with Gasteiger partial charge < -0.3 is 9.74 Å². The Balaban J connectivity index is 1.54. The first-order valence-corrected chi connectivity index (χ1v) is 11.4. The molecule has 4 rings (SSSR count). The van der Waals surface area contributed by atoms with E-state index in [1.54, 1.807) is 13.8 Å². The first-order chi connectivity index (χ1) is 16.7. The first-order valence-electron chi connectivity index (χ1n) is 11.0. The number of benzene rings is 2. The van der Waals surface area contributed by atoms with Crippen LogP contribution in [0.15, 0.2) is 41.6 Å². The van der Waals surface area contributed by atoms with E-state index in [9.17, 15) is 31.1 Å². The zero-order chi connectivity index (χ0) is 26.5. The van der Waals surface area contributed by atoms with Crippen LogP contribution in [0.4, 0.5) is 26.3 Å². The number of amides is 1. The summed E-state index contributed by atoms with van der Waals surface area (Å²) in [5, 5.41) is 3.88. The van der Waals surface area contributed by atoms with Crippen LogP contribution in [0, 0.1) is 13.8 Å². The van der Waals surface area contributed by atoms with Crippen LogP contribution in [0.1, 0.15) is 39.0 Å². The lowest BCUT2D eigenvalue weighted by atomic mass is 9.85. The first kappa shape index (κ1) is 26.3. The lowest BCUT2D eigenvalue weighted by molar-refractivity contribution is -0.275. The fraction of sp³-hybridized carbons (Fsp3) is 0.417. The molecule has 0 aliphatic carbocycles. The van der Waals surface area contributed by atoms with Gasteiger partial charge in [-0.2, -0.15) is 26.3 Å². The van der Waals surface area contributed by atoms with Crippen molar-refractivity contribution in [3.05, 3.63) is 69.2 Å². The van der Waals surface area contributed by atoms with Crippen molar-refractivity contribution < 1.29 is 36.0 Å². The van der Waals surface area contributed by atoms with E-state index in [0.717, 1.165) is 4.90 Å². The second-order valence-corrected chi connectivity index (χ2v) is 9.49. The quantitative estimate of drug-likeness (QED) is 0.466. The molecule has 194 valence electrons. The molecule has 0 N–H and O–H groups in total. The van der Waals surface area contributed by atoms with Gasteiger partial charge in [-0.15, -0.1) is 0 Å². The lowest BCUT2D eigenvalue weighted by Gasteiger charge is -2.30. The molecule has 2 aromatic carbocycles. The molecule has 1 amide bonds. The molecular formula is C24H22ClF6N3O2. The maximum Gasteiger partial charge on any atom is 0.435 e. The predicted octanol–water partition coefficient (Wildman–Crippen LogP) is 5.82. The summed E-state index contributed by atoms with van der Waals surface area (Å²) in [6.45, 7) is 2.20. The van der Waals surface area contributed by atoms with Gasteiger partial charge in [0.1, 0.15) is 0 Å². The highest BCUT2D eigenvalue weighted by atomic mass is 35.5. The van der Waals surface area contributed by atoms with Gasteiger partial charge in [0.15, 0.2) is 0 Å². The van der Waals surface area contributed by atoms with Crippen molar-refractivity contribution in [2.75, 3.05) is 26.3 Å². The van der Waals surface area contributed by atoms with E-state index in [-0.39, 0.29) is 41.6 Å². The minimum atomic E-state index is -4.79. The van der Waals surface area contributed by atoms with Crippen LogP contribution < -0.4 is 0 Å². The Morgan fingerprint density at radius 3 is 2.42 bits per heavy atom. The number of oxime groups is 1. The summed E-state index contributed by atoms with van der Waals surface area (Å²) in [6.07, 6.45) is -9.75. The number of hydrogen-bond donors (Lipinski definition) is 0. The van der Waals surface area contributed by atoms with Crippen LogP contribution in [0.3, 0.4) is 0 Å². The monoisotopic (exact) mass is 533 g/mol. The number of halogens is 7. The third-order valence-electron chi connectivity index (χ3n) is 6.23. The SMILES string of the molecule is Cc1cc(Cl)cc(C2(C(F)(F)F)CC(c3ccc(C(=O)N4CCN(CC(F)(F)F)C4)c(C)c3)=NO2)c1. The fourth-order valence-electron chi connectivity index (χ4n) is 4.47. The number of nitrogens with zero attached hydrogens (tertiary/aromatic N) is 3. The molecule has 2 aromatic rings. The second-order valence-electron chi connectivity index (χ2n) is 9.06. The molecule has 2 heterocycles. The molecule has 1 saturated heterocycles. The minimum Gasteiger partial charge on any atom is -0.374 e. The van der Waals surface area contributed by atoms with E-state index in [2.05, 4.69) is 5.16 Å². The van der Waals surface area contributed by atoms with E-state index in [0.29, 0.717) is 16.7 Å². The maximum atomic E-state index is 14.2. The molecule has 2 aliphatic rings. The Labute approximate surface area is 208 Å². The summed E-state index contributed by atoms with van der Waals surface area (Å²) in [7, 11) is 0. The Bertz CT molecular complexity index is 1190. The molecule has 0 spiro atoms. The molecule has 5 nitrogen and oxygen atoms in total. The normalized spacial score (nSPS) is 21.0. The number of rotatable bonds is 4. The summed E-state index contributed by atoms with van der Waals surface area (Å²) < 4.78 is 80.7. The highest BCUT2D eigenvalue weighted by molar-refractivity contribution is 6.30. The summed E-state index contributed by atoms with van der Waals surface area (Å²) in [5.74, 6) is -0.452. The number of alkyl halides is 6. The van der Waals surface area contributed by atoms with Crippen LogP contribution in [0.2, 0.25) is 5.02 Å². The highest BCUT2D eigenvalue weighted by Crippen LogP contribution is 2.49. The number of hydrogen-bond acceptors (Lipinski definition) is 4. The van der Waals surface area contributed by atoms with Crippen LogP contribution in [-0.2, 0) is 10.4 Å². The Hall–Kier alpha value is -2.79. The maximum absolute atomic E-state index is 14.2. The molecule has 1 atom stereocenters. The summed E-state index contributed by atoms with van der Waals surface area (Å²) in [5.41, 5.74) is -1.25. The third-order valence-corrected chi connectivity index (χ3v) is 6.45. The van der Waals surface area contributed by atoms with Gasteiger partial charge in [-0.3, -0.25) is 9.69 Å². The standard InChI is InChI=1S/C24H22ClF6N3O2/c1-14-7-17(10-18(25)8-14)22(24(29,30)31)11-20(32-36-22)16-3-4-19(15(2)9-16)21(35)34-6-5-33(13-34)12-23(26,27)28/h3-4,7-10H,5-6,11-13H2,1-2H3. The Kier molecular flexibility index (Phi) is 6.76. The van der Waals surface area contributed by atoms with Crippen LogP contribution in [0.5, 0.6) is 0 Å². The number of carbonyl (C=O) groups is 1. The molecular weight excluding hydrogens is 512 g/mol. The molecule has 0 saturated carbocycles. The van der Waals surface area contributed by atoms with Gasteiger partial charge >= 0.3 is 12.4 Å². The fourth-order valence-corrected chi connectivity index (χ4v) is 4.76. The van der Waals surface area contributed by atoms with Crippen molar-refractivity contribution in [1.82, 2.24) is 9.80 Å². The van der Waals surface area contributed by atoms with E-state index >= 15 is 0 Å². The van der Waals surface area contributed by atoms with Crippen LogP contribution in [0.25, 0.3) is 0 Å². The average molecular weight is 534 g/mol. The van der Waals surface area contributed by atoms with Crippen molar-refractivity contribution in [3.63, 3.8) is 0 Å². The third kappa shape index (κ3) is 5.17. The van der Waals surface area contributed by atoms with E-state index < -0.39 is 36.8 Å². The lowest BCUT2D eigenvalue weighted by Crippen LogP contribution is -2.42. The second kappa shape index (κ2) is 9.26. The predicted molar refractivity (Wildman–Crippen MR) is 121 cm³/mol. The largest absolute Gasteiger partial charge is 0.435 e. The Morgan fingerprint density at radius 2 is 1.81 bits per heavy atom. The van der Waals surface area contributed by atoms with Crippen LogP contribution >= 0.6 is 11.6 Å². The van der Waals surface area contributed by atoms with Crippen molar-refractivity contribution in [1.29, 1.82) is 0 Å². The topological polar surface area (TPSA) is 45.1 Å². The molecule has 0 bridgehead atoms. The van der Waals surface area contributed by atoms with E-state index in [4.69, 9.17) is 16.4 Å². The molecule has 2 aliphatic heterocycles. The average Bonchev–Trinajstić information content (AvgIpc) is 3.39.